The Morgan fingerprint density at radius 2 is 2.11 bits per heavy atom. The molecule has 0 spiro atoms. The third kappa shape index (κ3) is 4.31. The highest BCUT2D eigenvalue weighted by Gasteiger charge is 2.26. The van der Waals surface area contributed by atoms with Gasteiger partial charge in [-0.3, -0.25) is 9.78 Å². The highest BCUT2D eigenvalue weighted by atomic mass is 16.3. The molecule has 4 heteroatoms. The van der Waals surface area contributed by atoms with Crippen LogP contribution in [0.25, 0.3) is 0 Å². The topological polar surface area (TPSA) is 53.4 Å². The van der Waals surface area contributed by atoms with Crippen LogP contribution in [0, 0.1) is 0 Å². The van der Waals surface area contributed by atoms with Crippen LogP contribution in [0.15, 0.2) is 24.5 Å². The third-order valence-corrected chi connectivity index (χ3v) is 3.79. The van der Waals surface area contributed by atoms with Gasteiger partial charge in [-0.15, -0.1) is 0 Å². The summed E-state index contributed by atoms with van der Waals surface area (Å²) in [6.45, 7) is 3.30. The molecule has 0 aliphatic carbocycles. The summed E-state index contributed by atoms with van der Waals surface area (Å²) in [5, 5.41) is 10.0. The maximum absolute atomic E-state index is 12.2. The van der Waals surface area contributed by atoms with Gasteiger partial charge in [-0.05, 0) is 50.3 Å². The number of hydrogen-bond acceptors (Lipinski definition) is 3. The molecule has 1 saturated heterocycles. The zero-order valence-electron chi connectivity index (χ0n) is 11.5. The normalized spacial score (nSPS) is 24.0. The molecular formula is C15H22N2O2. The number of amides is 1. The number of rotatable bonds is 3. The largest absolute Gasteiger partial charge is 0.390 e. The molecule has 2 rings (SSSR count). The third-order valence-electron chi connectivity index (χ3n) is 3.79. The lowest BCUT2D eigenvalue weighted by Crippen LogP contribution is -2.33. The molecule has 1 N–H and O–H groups in total. The minimum Gasteiger partial charge on any atom is -0.390 e. The van der Waals surface area contributed by atoms with Crippen LogP contribution in [0.2, 0.25) is 0 Å². The van der Waals surface area contributed by atoms with E-state index in [-0.39, 0.29) is 5.91 Å². The fourth-order valence-corrected chi connectivity index (χ4v) is 2.47. The van der Waals surface area contributed by atoms with Gasteiger partial charge in [0.1, 0.15) is 0 Å². The molecule has 1 aliphatic heterocycles. The number of aryl methyl sites for hydroxylation is 1. The van der Waals surface area contributed by atoms with E-state index in [2.05, 4.69) is 4.98 Å². The summed E-state index contributed by atoms with van der Waals surface area (Å²) in [6.07, 6.45) is 7.13. The summed E-state index contributed by atoms with van der Waals surface area (Å²) in [6, 6.07) is 3.89. The number of carbonyl (C=O) groups excluding carboxylic acids is 1. The maximum atomic E-state index is 12.2. The smallest absolute Gasteiger partial charge is 0.222 e. The molecule has 1 aromatic rings. The Morgan fingerprint density at radius 1 is 1.37 bits per heavy atom. The molecule has 104 valence electrons. The van der Waals surface area contributed by atoms with Crippen LogP contribution in [0.4, 0.5) is 0 Å². The van der Waals surface area contributed by atoms with E-state index in [1.165, 1.54) is 0 Å². The van der Waals surface area contributed by atoms with Gasteiger partial charge in [-0.2, -0.15) is 0 Å². The molecule has 0 bridgehead atoms. The quantitative estimate of drug-likeness (QED) is 0.903. The van der Waals surface area contributed by atoms with E-state index >= 15 is 0 Å². The molecular weight excluding hydrogens is 240 g/mol. The van der Waals surface area contributed by atoms with Crippen molar-refractivity contribution in [3.63, 3.8) is 0 Å². The molecule has 0 aromatic carbocycles. The molecule has 0 radical (unpaired) electrons. The van der Waals surface area contributed by atoms with E-state index in [4.69, 9.17) is 0 Å². The summed E-state index contributed by atoms with van der Waals surface area (Å²) < 4.78 is 0. The van der Waals surface area contributed by atoms with E-state index in [0.717, 1.165) is 31.4 Å². The average molecular weight is 262 g/mol. The van der Waals surface area contributed by atoms with Gasteiger partial charge in [0.25, 0.3) is 0 Å². The second kappa shape index (κ2) is 6.15. The number of pyridine rings is 1. The number of hydrogen-bond donors (Lipinski definition) is 1. The van der Waals surface area contributed by atoms with Crippen molar-refractivity contribution in [1.82, 2.24) is 9.88 Å². The van der Waals surface area contributed by atoms with E-state index in [1.807, 2.05) is 24.0 Å². The highest BCUT2D eigenvalue weighted by Crippen LogP contribution is 2.21. The van der Waals surface area contributed by atoms with Crippen molar-refractivity contribution in [2.45, 2.75) is 44.6 Å². The van der Waals surface area contributed by atoms with Crippen LogP contribution in [-0.4, -0.2) is 39.6 Å². The molecule has 2 heterocycles. The van der Waals surface area contributed by atoms with Gasteiger partial charge in [-0.1, -0.05) is 0 Å². The Kier molecular flexibility index (Phi) is 4.53. The van der Waals surface area contributed by atoms with Crippen LogP contribution in [0.3, 0.4) is 0 Å². The lowest BCUT2D eigenvalue weighted by atomic mass is 9.98. The summed E-state index contributed by atoms with van der Waals surface area (Å²) in [5.74, 6) is 0.189. The van der Waals surface area contributed by atoms with Gasteiger partial charge >= 0.3 is 0 Å². The van der Waals surface area contributed by atoms with Gasteiger partial charge in [0, 0.05) is 31.9 Å². The van der Waals surface area contributed by atoms with Crippen molar-refractivity contribution in [3.8, 4) is 0 Å². The standard InChI is InChI=1S/C15H22N2O2/c1-15(19)7-2-11-17(12-8-15)14(18)4-3-13-5-9-16-10-6-13/h5-6,9-10,19H,2-4,7-8,11-12H2,1H3. The van der Waals surface area contributed by atoms with E-state index in [9.17, 15) is 9.90 Å². The number of aliphatic hydroxyl groups is 1. The van der Waals surface area contributed by atoms with Crippen molar-refractivity contribution >= 4 is 5.91 Å². The first kappa shape index (κ1) is 14.0. The first-order valence-electron chi connectivity index (χ1n) is 6.96. The number of carbonyl (C=O) groups is 1. The molecule has 1 aliphatic rings. The molecule has 1 aromatic heterocycles. The second-order valence-electron chi connectivity index (χ2n) is 5.59. The molecule has 1 unspecified atom stereocenters. The Labute approximate surface area is 114 Å². The van der Waals surface area contributed by atoms with Crippen LogP contribution in [0.1, 0.15) is 38.2 Å². The van der Waals surface area contributed by atoms with E-state index in [1.54, 1.807) is 12.4 Å². The van der Waals surface area contributed by atoms with Gasteiger partial charge < -0.3 is 10.0 Å². The summed E-state index contributed by atoms with van der Waals surface area (Å²) in [7, 11) is 0. The fourth-order valence-electron chi connectivity index (χ4n) is 2.47. The number of likely N-dealkylation sites (tertiary alicyclic amines) is 1. The first-order chi connectivity index (χ1) is 9.07. The van der Waals surface area contributed by atoms with Crippen molar-refractivity contribution in [2.24, 2.45) is 0 Å². The SMILES string of the molecule is CC1(O)CCCN(C(=O)CCc2ccncc2)CC1. The Balaban J connectivity index is 1.83. The van der Waals surface area contributed by atoms with E-state index < -0.39 is 5.60 Å². The zero-order chi connectivity index (χ0) is 13.7. The predicted octanol–water partition coefficient (Wildman–Crippen LogP) is 1.78. The van der Waals surface area contributed by atoms with Gasteiger partial charge in [0.2, 0.25) is 5.91 Å². The zero-order valence-corrected chi connectivity index (χ0v) is 11.5. The summed E-state index contributed by atoms with van der Waals surface area (Å²) in [5.41, 5.74) is 0.533. The van der Waals surface area contributed by atoms with Crippen molar-refractivity contribution < 1.29 is 9.90 Å². The fraction of sp³-hybridized carbons (Fsp3) is 0.600. The van der Waals surface area contributed by atoms with Gasteiger partial charge in [0.05, 0.1) is 5.60 Å². The summed E-state index contributed by atoms with van der Waals surface area (Å²) in [4.78, 5) is 18.0. The van der Waals surface area contributed by atoms with Gasteiger partial charge in [0.15, 0.2) is 0 Å². The average Bonchev–Trinajstić information content (AvgIpc) is 2.58. The lowest BCUT2D eigenvalue weighted by molar-refractivity contribution is -0.131. The van der Waals surface area contributed by atoms with Crippen LogP contribution < -0.4 is 0 Å². The molecule has 1 amide bonds. The monoisotopic (exact) mass is 262 g/mol. The van der Waals surface area contributed by atoms with Crippen LogP contribution in [-0.2, 0) is 11.2 Å². The molecule has 4 nitrogen and oxygen atoms in total. The molecule has 19 heavy (non-hydrogen) atoms. The summed E-state index contributed by atoms with van der Waals surface area (Å²) >= 11 is 0. The molecule has 1 atom stereocenters. The van der Waals surface area contributed by atoms with E-state index in [0.29, 0.717) is 19.4 Å². The number of nitrogens with zero attached hydrogens (tertiary/aromatic N) is 2. The Morgan fingerprint density at radius 3 is 2.84 bits per heavy atom. The Hall–Kier alpha value is -1.42. The minimum atomic E-state index is -0.611. The van der Waals surface area contributed by atoms with Crippen LogP contribution >= 0.6 is 0 Å². The lowest BCUT2D eigenvalue weighted by Gasteiger charge is -2.22. The van der Waals surface area contributed by atoms with Gasteiger partial charge in [-0.25, -0.2) is 0 Å². The number of aromatic nitrogens is 1. The second-order valence-corrected chi connectivity index (χ2v) is 5.59. The minimum absolute atomic E-state index is 0.189. The van der Waals surface area contributed by atoms with Crippen molar-refractivity contribution in [2.75, 3.05) is 13.1 Å². The Bertz CT molecular complexity index is 417. The predicted molar refractivity (Wildman–Crippen MR) is 73.6 cm³/mol. The molecule has 0 saturated carbocycles. The van der Waals surface area contributed by atoms with Crippen molar-refractivity contribution in [3.05, 3.63) is 30.1 Å². The molecule has 1 fully saturated rings. The van der Waals surface area contributed by atoms with Crippen molar-refractivity contribution in [1.29, 1.82) is 0 Å². The highest BCUT2D eigenvalue weighted by molar-refractivity contribution is 5.76. The first-order valence-corrected chi connectivity index (χ1v) is 6.96. The van der Waals surface area contributed by atoms with Crippen LogP contribution in [0.5, 0.6) is 0 Å². The maximum Gasteiger partial charge on any atom is 0.222 e.